The number of fused-ring (bicyclic) bond motifs is 1. The molecule has 2 rings (SSSR count). The van der Waals surface area contributed by atoms with Crippen molar-refractivity contribution in [3.63, 3.8) is 0 Å². The van der Waals surface area contributed by atoms with Crippen molar-refractivity contribution in [2.75, 3.05) is 0 Å². The van der Waals surface area contributed by atoms with Crippen molar-refractivity contribution in [1.82, 2.24) is 9.97 Å². The van der Waals surface area contributed by atoms with E-state index in [9.17, 15) is 4.79 Å². The van der Waals surface area contributed by atoms with Crippen LogP contribution in [0.4, 0.5) is 0 Å². The standard InChI is InChI=1S/C10H10B2N2O/c11-4-10(15)9-5-13-8-3-6(12)1-2-7(8)14-9/h1-3,5H,4,11-12H2. The van der Waals surface area contributed by atoms with Gasteiger partial charge in [0.1, 0.15) is 21.4 Å². The molecule has 0 amide bonds. The molecule has 72 valence electrons. The second-order valence-electron chi connectivity index (χ2n) is 3.52. The van der Waals surface area contributed by atoms with E-state index in [1.165, 1.54) is 0 Å². The van der Waals surface area contributed by atoms with Gasteiger partial charge in [0, 0.05) is 0 Å². The predicted octanol–water partition coefficient (Wildman–Crippen LogP) is -0.878. The van der Waals surface area contributed by atoms with Crippen LogP contribution in [-0.4, -0.2) is 31.4 Å². The lowest BCUT2D eigenvalue weighted by atomic mass is 9.96. The van der Waals surface area contributed by atoms with Gasteiger partial charge in [-0.1, -0.05) is 11.5 Å². The van der Waals surface area contributed by atoms with Crippen LogP contribution in [0.25, 0.3) is 11.0 Å². The fraction of sp³-hybridized carbons (Fsp3) is 0.100. The van der Waals surface area contributed by atoms with Crippen LogP contribution in [-0.2, 0) is 0 Å². The fourth-order valence-electron chi connectivity index (χ4n) is 1.44. The molecule has 0 aliphatic heterocycles. The lowest BCUT2D eigenvalue weighted by molar-refractivity contribution is 0.101. The Kier molecular flexibility index (Phi) is 2.54. The molecule has 0 fully saturated rings. The van der Waals surface area contributed by atoms with E-state index in [0.29, 0.717) is 12.0 Å². The number of benzene rings is 1. The summed E-state index contributed by atoms with van der Waals surface area (Å²) in [5, 5.41) is 0. The Morgan fingerprint density at radius 2 is 2.13 bits per heavy atom. The molecule has 2 aromatic rings. The highest BCUT2D eigenvalue weighted by Gasteiger charge is 2.06. The quantitative estimate of drug-likeness (QED) is 0.462. The number of aromatic nitrogens is 2. The lowest BCUT2D eigenvalue weighted by Gasteiger charge is -2.00. The monoisotopic (exact) mass is 196 g/mol. The zero-order valence-electron chi connectivity index (χ0n) is 8.82. The van der Waals surface area contributed by atoms with Gasteiger partial charge in [-0.05, 0) is 18.5 Å². The molecule has 3 nitrogen and oxygen atoms in total. The van der Waals surface area contributed by atoms with Crippen LogP contribution in [0.1, 0.15) is 10.5 Å². The van der Waals surface area contributed by atoms with Crippen molar-refractivity contribution in [2.24, 2.45) is 0 Å². The smallest absolute Gasteiger partial charge is 0.174 e. The Hall–Kier alpha value is -1.64. The molecule has 0 aliphatic rings. The van der Waals surface area contributed by atoms with Gasteiger partial charge in [-0.2, -0.15) is 0 Å². The minimum absolute atomic E-state index is 0.0324. The Labute approximate surface area is 89.7 Å². The van der Waals surface area contributed by atoms with Gasteiger partial charge in [0.15, 0.2) is 5.78 Å². The zero-order valence-corrected chi connectivity index (χ0v) is 8.82. The van der Waals surface area contributed by atoms with Gasteiger partial charge >= 0.3 is 0 Å². The summed E-state index contributed by atoms with van der Waals surface area (Å²) in [6.07, 6.45) is 2.01. The van der Waals surface area contributed by atoms with Crippen molar-refractivity contribution in [2.45, 2.75) is 6.32 Å². The second kappa shape index (κ2) is 3.85. The molecule has 0 N–H and O–H groups in total. The summed E-state index contributed by atoms with van der Waals surface area (Å²) in [5.41, 5.74) is 3.21. The summed E-state index contributed by atoms with van der Waals surface area (Å²) in [5.74, 6) is 0.0324. The Morgan fingerprint density at radius 3 is 2.87 bits per heavy atom. The van der Waals surface area contributed by atoms with Crippen molar-refractivity contribution in [3.8, 4) is 0 Å². The van der Waals surface area contributed by atoms with Gasteiger partial charge in [0.05, 0.1) is 17.2 Å². The molecule has 0 saturated carbocycles. The maximum absolute atomic E-state index is 11.4. The summed E-state index contributed by atoms with van der Waals surface area (Å²) < 4.78 is 0. The molecule has 0 saturated heterocycles. The van der Waals surface area contributed by atoms with Crippen LogP contribution in [0, 0.1) is 0 Å². The first-order valence-corrected chi connectivity index (χ1v) is 4.97. The maximum atomic E-state index is 11.4. The molecule has 0 aliphatic carbocycles. The average Bonchev–Trinajstić information content (AvgIpc) is 2.27. The first-order chi connectivity index (χ1) is 7.20. The van der Waals surface area contributed by atoms with Crippen LogP contribution >= 0.6 is 0 Å². The molecule has 1 heterocycles. The van der Waals surface area contributed by atoms with Gasteiger partial charge in [0.25, 0.3) is 0 Å². The predicted molar refractivity (Wildman–Crippen MR) is 65.4 cm³/mol. The van der Waals surface area contributed by atoms with Crippen LogP contribution < -0.4 is 5.46 Å². The normalized spacial score (nSPS) is 10.4. The van der Waals surface area contributed by atoms with Crippen molar-refractivity contribution in [3.05, 3.63) is 30.1 Å². The van der Waals surface area contributed by atoms with E-state index in [1.54, 1.807) is 6.20 Å². The van der Waals surface area contributed by atoms with Crippen molar-refractivity contribution in [1.29, 1.82) is 0 Å². The molecule has 0 unspecified atom stereocenters. The SMILES string of the molecule is BCC(=O)c1cnc2cc(B)ccc2n1. The molecule has 5 heteroatoms. The van der Waals surface area contributed by atoms with E-state index >= 15 is 0 Å². The number of Topliss-reactive ketones (excluding diaryl/α,β-unsaturated/α-hetero) is 1. The highest BCUT2D eigenvalue weighted by atomic mass is 16.1. The van der Waals surface area contributed by atoms with E-state index in [1.807, 2.05) is 33.9 Å². The molecule has 0 radical (unpaired) electrons. The number of rotatable bonds is 2. The van der Waals surface area contributed by atoms with Gasteiger partial charge in [-0.15, -0.1) is 0 Å². The number of nitrogens with zero attached hydrogens (tertiary/aromatic N) is 2. The molecular weight excluding hydrogens is 186 g/mol. The number of hydrogen-bond acceptors (Lipinski definition) is 3. The second-order valence-corrected chi connectivity index (χ2v) is 3.52. The van der Waals surface area contributed by atoms with E-state index in [-0.39, 0.29) is 5.78 Å². The summed E-state index contributed by atoms with van der Waals surface area (Å²) in [7, 11) is 3.83. The molecule has 1 aromatic heterocycles. The fourth-order valence-corrected chi connectivity index (χ4v) is 1.44. The summed E-state index contributed by atoms with van der Waals surface area (Å²) in [6, 6.07) is 5.82. The molecule has 0 atom stereocenters. The van der Waals surface area contributed by atoms with Crippen LogP contribution in [0.2, 0.25) is 6.32 Å². The van der Waals surface area contributed by atoms with Crippen molar-refractivity contribution >= 4 is 38.0 Å². The summed E-state index contributed by atoms with van der Waals surface area (Å²) in [6.45, 7) is 0. The van der Waals surface area contributed by atoms with E-state index in [2.05, 4.69) is 9.97 Å². The topological polar surface area (TPSA) is 42.9 Å². The Bertz CT molecular complexity index is 528. The molecule has 0 spiro atoms. The third-order valence-corrected chi connectivity index (χ3v) is 2.30. The van der Waals surface area contributed by atoms with Crippen LogP contribution in [0.5, 0.6) is 0 Å². The average molecular weight is 196 g/mol. The van der Waals surface area contributed by atoms with Gasteiger partial charge in [0.2, 0.25) is 0 Å². The van der Waals surface area contributed by atoms with Crippen LogP contribution in [0.3, 0.4) is 0 Å². The summed E-state index contributed by atoms with van der Waals surface area (Å²) >= 11 is 0. The Morgan fingerprint density at radius 1 is 1.33 bits per heavy atom. The third-order valence-electron chi connectivity index (χ3n) is 2.30. The maximum Gasteiger partial charge on any atom is 0.174 e. The van der Waals surface area contributed by atoms with Gasteiger partial charge in [-0.3, -0.25) is 9.78 Å². The lowest BCUT2D eigenvalue weighted by Crippen LogP contribution is -2.05. The largest absolute Gasteiger partial charge is 0.293 e. The number of carbonyl (C=O) groups is 1. The molecule has 1 aromatic carbocycles. The minimum Gasteiger partial charge on any atom is -0.293 e. The third kappa shape index (κ3) is 1.91. The van der Waals surface area contributed by atoms with E-state index in [0.717, 1.165) is 16.5 Å². The number of carbonyl (C=O) groups excluding carboxylic acids is 1. The highest BCUT2D eigenvalue weighted by Crippen LogP contribution is 2.08. The van der Waals surface area contributed by atoms with Crippen molar-refractivity contribution < 1.29 is 4.79 Å². The molecule has 0 bridgehead atoms. The number of ketones is 1. The Balaban J connectivity index is 2.57. The zero-order chi connectivity index (χ0) is 10.8. The van der Waals surface area contributed by atoms with Crippen LogP contribution in [0.15, 0.2) is 24.4 Å². The highest BCUT2D eigenvalue weighted by molar-refractivity contribution is 6.33. The van der Waals surface area contributed by atoms with Gasteiger partial charge < -0.3 is 0 Å². The minimum atomic E-state index is 0.0324. The molecular formula is C10H10B2N2O. The van der Waals surface area contributed by atoms with E-state index in [4.69, 9.17) is 0 Å². The first-order valence-electron chi connectivity index (χ1n) is 4.97. The summed E-state index contributed by atoms with van der Waals surface area (Å²) in [4.78, 5) is 19.9. The van der Waals surface area contributed by atoms with Gasteiger partial charge in [-0.25, -0.2) is 4.98 Å². The van der Waals surface area contributed by atoms with E-state index < -0.39 is 0 Å². The molecule has 15 heavy (non-hydrogen) atoms. The number of hydrogen-bond donors (Lipinski definition) is 0. The first kappa shape index (κ1) is 9.90.